The summed E-state index contributed by atoms with van der Waals surface area (Å²) in [6, 6.07) is 8.79. The lowest BCUT2D eigenvalue weighted by atomic mass is 10.2. The molecule has 1 atom stereocenters. The number of aliphatic hydroxyl groups is 1. The van der Waals surface area contributed by atoms with Gasteiger partial charge in [-0.15, -0.1) is 0 Å². The van der Waals surface area contributed by atoms with Gasteiger partial charge >= 0.3 is 0 Å². The summed E-state index contributed by atoms with van der Waals surface area (Å²) >= 11 is 0. The Kier molecular flexibility index (Phi) is 5.69. The van der Waals surface area contributed by atoms with Crippen molar-refractivity contribution in [3.63, 3.8) is 0 Å². The lowest BCUT2D eigenvalue weighted by molar-refractivity contribution is -0.00352. The fourth-order valence-corrected chi connectivity index (χ4v) is 1.95. The molecule has 2 rings (SSSR count). The van der Waals surface area contributed by atoms with Gasteiger partial charge < -0.3 is 25.1 Å². The number of aliphatic hydroxyl groups excluding tert-OH is 1. The molecular formula is C15H20N4O4. The number of amides is 1. The molecule has 124 valence electrons. The summed E-state index contributed by atoms with van der Waals surface area (Å²) in [5.74, 6) is 0.324. The van der Waals surface area contributed by atoms with E-state index >= 15 is 0 Å². The van der Waals surface area contributed by atoms with Crippen molar-refractivity contribution in [3.05, 3.63) is 47.3 Å². The Morgan fingerprint density at radius 3 is 2.65 bits per heavy atom. The standard InChI is InChI=1S/C15H20N4O4/c1-19(2)11-5-3-10(4-6-11)14(20)16-8-7-12-9-13(18-23-12)15(21)17-22/h3-6,9,15,17,21-22H,7-8H2,1-2H3,(H,16,20). The highest BCUT2D eigenvalue weighted by molar-refractivity contribution is 5.94. The van der Waals surface area contributed by atoms with Crippen LogP contribution in [0.3, 0.4) is 0 Å². The van der Waals surface area contributed by atoms with Crippen LogP contribution >= 0.6 is 0 Å². The first-order valence-corrected chi connectivity index (χ1v) is 7.10. The lowest BCUT2D eigenvalue weighted by Crippen LogP contribution is -2.25. The maximum Gasteiger partial charge on any atom is 0.251 e. The Bertz CT molecular complexity index is 639. The first-order chi connectivity index (χ1) is 11.0. The van der Waals surface area contributed by atoms with E-state index in [2.05, 4.69) is 10.5 Å². The summed E-state index contributed by atoms with van der Waals surface area (Å²) < 4.78 is 5.00. The van der Waals surface area contributed by atoms with Crippen LogP contribution in [0.25, 0.3) is 0 Å². The first-order valence-electron chi connectivity index (χ1n) is 7.10. The van der Waals surface area contributed by atoms with E-state index in [0.717, 1.165) is 5.69 Å². The van der Waals surface area contributed by atoms with Gasteiger partial charge in [0, 0.05) is 44.4 Å². The first kappa shape index (κ1) is 16.9. The summed E-state index contributed by atoms with van der Waals surface area (Å²) in [5.41, 5.74) is 3.43. The van der Waals surface area contributed by atoms with E-state index in [4.69, 9.17) is 9.73 Å². The van der Waals surface area contributed by atoms with E-state index in [1.165, 1.54) is 6.07 Å². The van der Waals surface area contributed by atoms with Crippen molar-refractivity contribution in [1.29, 1.82) is 0 Å². The van der Waals surface area contributed by atoms with Crippen LogP contribution in [0.2, 0.25) is 0 Å². The summed E-state index contributed by atoms with van der Waals surface area (Å²) in [4.78, 5) is 14.0. The second kappa shape index (κ2) is 7.73. The second-order valence-corrected chi connectivity index (χ2v) is 5.20. The maximum absolute atomic E-state index is 12.0. The SMILES string of the molecule is CN(C)c1ccc(C(=O)NCCc2cc(C(O)NO)no2)cc1. The molecule has 8 nitrogen and oxygen atoms in total. The van der Waals surface area contributed by atoms with Crippen LogP contribution in [0.4, 0.5) is 5.69 Å². The number of carbonyl (C=O) groups excluding carboxylic acids is 1. The number of carbonyl (C=O) groups is 1. The van der Waals surface area contributed by atoms with Crippen molar-refractivity contribution in [2.24, 2.45) is 0 Å². The average molecular weight is 320 g/mol. The molecule has 0 aliphatic carbocycles. The molecular weight excluding hydrogens is 300 g/mol. The summed E-state index contributed by atoms with van der Waals surface area (Å²) in [7, 11) is 3.87. The van der Waals surface area contributed by atoms with Crippen molar-refractivity contribution in [2.45, 2.75) is 12.6 Å². The highest BCUT2D eigenvalue weighted by atomic mass is 16.5. The molecule has 1 heterocycles. The zero-order valence-corrected chi connectivity index (χ0v) is 13.0. The van der Waals surface area contributed by atoms with Gasteiger partial charge in [0.2, 0.25) is 0 Å². The zero-order chi connectivity index (χ0) is 16.8. The number of hydroxylamine groups is 1. The molecule has 0 saturated heterocycles. The molecule has 1 amide bonds. The van der Waals surface area contributed by atoms with Gasteiger partial charge in [0.15, 0.2) is 6.23 Å². The maximum atomic E-state index is 12.0. The number of aromatic nitrogens is 1. The molecule has 1 aromatic heterocycles. The van der Waals surface area contributed by atoms with E-state index in [1.54, 1.807) is 17.6 Å². The minimum Gasteiger partial charge on any atom is -0.378 e. The van der Waals surface area contributed by atoms with Crippen LogP contribution in [0.15, 0.2) is 34.9 Å². The van der Waals surface area contributed by atoms with Crippen LogP contribution in [-0.4, -0.2) is 42.0 Å². The van der Waals surface area contributed by atoms with Crippen LogP contribution in [0, 0.1) is 0 Å². The molecule has 23 heavy (non-hydrogen) atoms. The fourth-order valence-electron chi connectivity index (χ4n) is 1.95. The predicted octanol–water partition coefficient (Wildman–Crippen LogP) is 0.683. The molecule has 0 spiro atoms. The van der Waals surface area contributed by atoms with E-state index in [9.17, 15) is 9.90 Å². The molecule has 0 fully saturated rings. The van der Waals surface area contributed by atoms with Crippen molar-refractivity contribution < 1.29 is 19.6 Å². The molecule has 4 N–H and O–H groups in total. The number of anilines is 1. The Morgan fingerprint density at radius 2 is 2.04 bits per heavy atom. The average Bonchev–Trinajstić information content (AvgIpc) is 3.03. The van der Waals surface area contributed by atoms with E-state index in [1.807, 2.05) is 31.1 Å². The third-order valence-corrected chi connectivity index (χ3v) is 3.28. The number of rotatable bonds is 7. The Labute approximate surface area is 133 Å². The van der Waals surface area contributed by atoms with Gasteiger partial charge in [0.25, 0.3) is 5.91 Å². The molecule has 0 radical (unpaired) electrons. The topological polar surface area (TPSA) is 111 Å². The zero-order valence-electron chi connectivity index (χ0n) is 13.0. The van der Waals surface area contributed by atoms with Crippen LogP contribution < -0.4 is 15.7 Å². The van der Waals surface area contributed by atoms with Crippen LogP contribution in [0.5, 0.6) is 0 Å². The van der Waals surface area contributed by atoms with Gasteiger partial charge in [0.1, 0.15) is 11.5 Å². The number of hydrogen-bond donors (Lipinski definition) is 4. The number of benzene rings is 1. The lowest BCUT2D eigenvalue weighted by Gasteiger charge is -2.12. The fraction of sp³-hybridized carbons (Fsp3) is 0.333. The van der Waals surface area contributed by atoms with Crippen molar-refractivity contribution in [1.82, 2.24) is 16.0 Å². The predicted molar refractivity (Wildman–Crippen MR) is 83.2 cm³/mol. The Hall–Kier alpha value is -2.42. The van der Waals surface area contributed by atoms with E-state index < -0.39 is 6.23 Å². The van der Waals surface area contributed by atoms with Crippen molar-refractivity contribution in [2.75, 3.05) is 25.5 Å². The van der Waals surface area contributed by atoms with E-state index in [-0.39, 0.29) is 11.6 Å². The van der Waals surface area contributed by atoms with Crippen molar-refractivity contribution >= 4 is 11.6 Å². The highest BCUT2D eigenvalue weighted by Gasteiger charge is 2.12. The molecule has 0 aliphatic heterocycles. The normalized spacial score (nSPS) is 12.0. The molecule has 8 heteroatoms. The largest absolute Gasteiger partial charge is 0.378 e. The quantitative estimate of drug-likeness (QED) is 0.438. The molecule has 0 saturated carbocycles. The number of nitrogens with one attached hydrogen (secondary N) is 2. The van der Waals surface area contributed by atoms with Gasteiger partial charge in [0.05, 0.1) is 0 Å². The number of nitrogens with zero attached hydrogens (tertiary/aromatic N) is 2. The molecule has 0 aliphatic rings. The van der Waals surface area contributed by atoms with Gasteiger partial charge in [-0.2, -0.15) is 5.48 Å². The van der Waals surface area contributed by atoms with Gasteiger partial charge in [-0.25, -0.2) is 0 Å². The van der Waals surface area contributed by atoms with Crippen LogP contribution in [-0.2, 0) is 6.42 Å². The molecule has 1 unspecified atom stereocenters. The monoisotopic (exact) mass is 320 g/mol. The number of hydrogen-bond acceptors (Lipinski definition) is 7. The summed E-state index contributed by atoms with van der Waals surface area (Å²) in [6.45, 7) is 0.367. The van der Waals surface area contributed by atoms with Crippen molar-refractivity contribution in [3.8, 4) is 0 Å². The van der Waals surface area contributed by atoms with Gasteiger partial charge in [-0.1, -0.05) is 5.16 Å². The molecule has 0 bridgehead atoms. The molecule has 1 aromatic carbocycles. The smallest absolute Gasteiger partial charge is 0.251 e. The van der Waals surface area contributed by atoms with Gasteiger partial charge in [-0.05, 0) is 24.3 Å². The third kappa shape index (κ3) is 4.52. The Morgan fingerprint density at radius 1 is 1.35 bits per heavy atom. The Balaban J connectivity index is 1.83. The third-order valence-electron chi connectivity index (χ3n) is 3.28. The minimum absolute atomic E-state index is 0.174. The van der Waals surface area contributed by atoms with E-state index in [0.29, 0.717) is 24.3 Å². The highest BCUT2D eigenvalue weighted by Crippen LogP contribution is 2.12. The minimum atomic E-state index is -1.29. The molecule has 2 aromatic rings. The summed E-state index contributed by atoms with van der Waals surface area (Å²) in [5, 5.41) is 24.3. The van der Waals surface area contributed by atoms with Gasteiger partial charge in [-0.3, -0.25) is 4.79 Å². The summed E-state index contributed by atoms with van der Waals surface area (Å²) in [6.07, 6.45) is -0.871. The van der Waals surface area contributed by atoms with Crippen LogP contribution in [0.1, 0.15) is 28.0 Å². The second-order valence-electron chi connectivity index (χ2n) is 5.20.